The molecule has 6 heteroatoms. The number of halogens is 1. The van der Waals surface area contributed by atoms with Gasteiger partial charge in [-0.3, -0.25) is 0 Å². The molecule has 3 rings (SSSR count). The van der Waals surface area contributed by atoms with Crippen molar-refractivity contribution in [2.24, 2.45) is 5.92 Å². The second kappa shape index (κ2) is 8.41. The highest BCUT2D eigenvalue weighted by atomic mass is 35.5. The van der Waals surface area contributed by atoms with E-state index in [-0.39, 0.29) is 0 Å². The van der Waals surface area contributed by atoms with Gasteiger partial charge in [0.1, 0.15) is 0 Å². The summed E-state index contributed by atoms with van der Waals surface area (Å²) in [5.41, 5.74) is 0.856. The number of aromatic nitrogens is 1. The van der Waals surface area contributed by atoms with Crippen LogP contribution < -0.4 is 19.5 Å². The number of ether oxygens (including phenoxy) is 3. The van der Waals surface area contributed by atoms with Crippen LogP contribution in [0.4, 0.5) is 0 Å². The summed E-state index contributed by atoms with van der Waals surface area (Å²) >= 11 is 6.01. The Morgan fingerprint density at radius 1 is 1.20 bits per heavy atom. The molecule has 0 aliphatic carbocycles. The van der Waals surface area contributed by atoms with E-state index in [1.54, 1.807) is 25.3 Å². The van der Waals surface area contributed by atoms with Crippen molar-refractivity contribution in [3.05, 3.63) is 41.0 Å². The maximum Gasteiger partial charge on any atom is 0.262 e. The fourth-order valence-corrected chi connectivity index (χ4v) is 2.97. The highest BCUT2D eigenvalue weighted by Gasteiger charge is 2.17. The number of pyridine rings is 1. The predicted octanol–water partition coefficient (Wildman–Crippen LogP) is 4.22. The lowest BCUT2D eigenvalue weighted by Crippen LogP contribution is -2.33. The Morgan fingerprint density at radius 2 is 2.04 bits per heavy atom. The molecule has 1 aliphatic rings. The van der Waals surface area contributed by atoms with Gasteiger partial charge in [0, 0.05) is 29.2 Å². The van der Waals surface area contributed by atoms with E-state index in [4.69, 9.17) is 25.8 Å². The SMILES string of the molecule is COc1cc(Cl)ccc1Oc1nc(C)ccc1OCC1CCCNC1. The van der Waals surface area contributed by atoms with Crippen molar-refractivity contribution in [1.82, 2.24) is 10.3 Å². The van der Waals surface area contributed by atoms with Gasteiger partial charge in [0.2, 0.25) is 0 Å². The third-order valence-electron chi connectivity index (χ3n) is 4.17. The zero-order valence-corrected chi connectivity index (χ0v) is 15.3. The molecule has 2 aromatic rings. The van der Waals surface area contributed by atoms with Crippen molar-refractivity contribution in [1.29, 1.82) is 0 Å². The fourth-order valence-electron chi connectivity index (χ4n) is 2.81. The Balaban J connectivity index is 1.77. The lowest BCUT2D eigenvalue weighted by atomic mass is 10.0. The molecule has 1 aromatic carbocycles. The van der Waals surface area contributed by atoms with Gasteiger partial charge in [-0.15, -0.1) is 0 Å². The average molecular weight is 363 g/mol. The Hall–Kier alpha value is -1.98. The number of rotatable bonds is 6. The van der Waals surface area contributed by atoms with Crippen molar-refractivity contribution in [3.63, 3.8) is 0 Å². The Morgan fingerprint density at radius 3 is 2.80 bits per heavy atom. The minimum absolute atomic E-state index is 0.435. The molecule has 25 heavy (non-hydrogen) atoms. The standard InChI is InChI=1S/C19H23ClN2O3/c1-13-5-7-17(24-12-14-4-3-9-21-11-14)19(22-13)25-16-8-6-15(20)10-18(16)23-2/h5-8,10,14,21H,3-4,9,11-12H2,1-2H3. The van der Waals surface area contributed by atoms with Crippen LogP contribution in [-0.4, -0.2) is 31.8 Å². The van der Waals surface area contributed by atoms with Gasteiger partial charge in [-0.1, -0.05) is 11.6 Å². The van der Waals surface area contributed by atoms with Crippen molar-refractivity contribution >= 4 is 11.6 Å². The molecule has 1 fully saturated rings. The highest BCUT2D eigenvalue weighted by molar-refractivity contribution is 6.30. The first-order valence-electron chi connectivity index (χ1n) is 8.48. The second-order valence-corrected chi connectivity index (χ2v) is 6.61. The smallest absolute Gasteiger partial charge is 0.262 e. The quantitative estimate of drug-likeness (QED) is 0.833. The Labute approximate surface area is 153 Å². The molecule has 134 valence electrons. The van der Waals surface area contributed by atoms with Crippen LogP contribution in [0, 0.1) is 12.8 Å². The van der Waals surface area contributed by atoms with Gasteiger partial charge >= 0.3 is 0 Å². The van der Waals surface area contributed by atoms with Gasteiger partial charge in [0.15, 0.2) is 17.2 Å². The lowest BCUT2D eigenvalue weighted by Gasteiger charge is -2.23. The van der Waals surface area contributed by atoms with E-state index < -0.39 is 0 Å². The maximum atomic E-state index is 6.01. The summed E-state index contributed by atoms with van der Waals surface area (Å²) in [6.45, 7) is 4.64. The molecule has 1 aromatic heterocycles. The summed E-state index contributed by atoms with van der Waals surface area (Å²) in [6.07, 6.45) is 2.36. The largest absolute Gasteiger partial charge is 0.493 e. The number of hydrogen-bond donors (Lipinski definition) is 1. The van der Waals surface area contributed by atoms with Crippen LogP contribution >= 0.6 is 11.6 Å². The second-order valence-electron chi connectivity index (χ2n) is 6.18. The Bertz CT molecular complexity index is 718. The van der Waals surface area contributed by atoms with Crippen molar-refractivity contribution in [3.8, 4) is 23.1 Å². The number of nitrogens with zero attached hydrogens (tertiary/aromatic N) is 1. The molecule has 1 unspecified atom stereocenters. The monoisotopic (exact) mass is 362 g/mol. The average Bonchev–Trinajstić information content (AvgIpc) is 2.63. The van der Waals surface area contributed by atoms with E-state index in [1.165, 1.54) is 12.8 Å². The lowest BCUT2D eigenvalue weighted by molar-refractivity contribution is 0.211. The molecule has 0 spiro atoms. The van der Waals surface area contributed by atoms with Crippen molar-refractivity contribution in [2.45, 2.75) is 19.8 Å². The number of aryl methyl sites for hydroxylation is 1. The molecular formula is C19H23ClN2O3. The number of piperidine rings is 1. The van der Waals surface area contributed by atoms with E-state index in [1.807, 2.05) is 19.1 Å². The van der Waals surface area contributed by atoms with E-state index in [2.05, 4.69) is 10.3 Å². The number of benzene rings is 1. The summed E-state index contributed by atoms with van der Waals surface area (Å²) in [5.74, 6) is 2.68. The predicted molar refractivity (Wildman–Crippen MR) is 98.1 cm³/mol. The van der Waals surface area contributed by atoms with E-state index in [9.17, 15) is 0 Å². The molecule has 0 amide bonds. The molecule has 1 aliphatic heterocycles. The van der Waals surface area contributed by atoms with Gasteiger partial charge < -0.3 is 19.5 Å². The van der Waals surface area contributed by atoms with Crippen LogP contribution in [0.1, 0.15) is 18.5 Å². The van der Waals surface area contributed by atoms with Gasteiger partial charge in [-0.05, 0) is 50.6 Å². The van der Waals surface area contributed by atoms with E-state index in [0.717, 1.165) is 18.8 Å². The van der Waals surface area contributed by atoms with Crippen LogP contribution in [0.2, 0.25) is 5.02 Å². The summed E-state index contributed by atoms with van der Waals surface area (Å²) in [6, 6.07) is 9.04. The fraction of sp³-hybridized carbons (Fsp3) is 0.421. The molecular weight excluding hydrogens is 340 g/mol. The van der Waals surface area contributed by atoms with Gasteiger partial charge in [0.25, 0.3) is 5.88 Å². The number of methoxy groups -OCH3 is 1. The van der Waals surface area contributed by atoms with Crippen LogP contribution in [0.25, 0.3) is 0 Å². The molecule has 0 bridgehead atoms. The third-order valence-corrected chi connectivity index (χ3v) is 4.41. The van der Waals surface area contributed by atoms with Crippen molar-refractivity contribution < 1.29 is 14.2 Å². The molecule has 1 atom stereocenters. The van der Waals surface area contributed by atoms with Crippen LogP contribution in [0.15, 0.2) is 30.3 Å². The normalized spacial score (nSPS) is 17.2. The van der Waals surface area contributed by atoms with Crippen molar-refractivity contribution in [2.75, 3.05) is 26.8 Å². The van der Waals surface area contributed by atoms with E-state index in [0.29, 0.717) is 40.7 Å². The first-order chi connectivity index (χ1) is 12.2. The number of nitrogens with one attached hydrogen (secondary N) is 1. The topological polar surface area (TPSA) is 52.6 Å². The zero-order chi connectivity index (χ0) is 17.6. The summed E-state index contributed by atoms with van der Waals surface area (Å²) < 4.78 is 17.3. The summed E-state index contributed by atoms with van der Waals surface area (Å²) in [4.78, 5) is 4.48. The molecule has 5 nitrogen and oxygen atoms in total. The molecule has 2 heterocycles. The number of hydrogen-bond acceptors (Lipinski definition) is 5. The highest BCUT2D eigenvalue weighted by Crippen LogP contribution is 2.36. The molecule has 1 N–H and O–H groups in total. The minimum Gasteiger partial charge on any atom is -0.493 e. The molecule has 0 saturated carbocycles. The minimum atomic E-state index is 0.435. The zero-order valence-electron chi connectivity index (χ0n) is 14.5. The van der Waals surface area contributed by atoms with Crippen LogP contribution in [0.5, 0.6) is 23.1 Å². The first kappa shape index (κ1) is 17.8. The molecule has 1 saturated heterocycles. The Kier molecular flexibility index (Phi) is 6.00. The first-order valence-corrected chi connectivity index (χ1v) is 8.86. The summed E-state index contributed by atoms with van der Waals surface area (Å²) in [5, 5.41) is 3.98. The van der Waals surface area contributed by atoms with Gasteiger partial charge in [-0.2, -0.15) is 0 Å². The van der Waals surface area contributed by atoms with Crippen LogP contribution in [0.3, 0.4) is 0 Å². The summed E-state index contributed by atoms with van der Waals surface area (Å²) in [7, 11) is 1.58. The van der Waals surface area contributed by atoms with Gasteiger partial charge in [0.05, 0.1) is 13.7 Å². The van der Waals surface area contributed by atoms with Crippen LogP contribution in [-0.2, 0) is 0 Å². The maximum absolute atomic E-state index is 6.01. The third kappa shape index (κ3) is 4.77. The van der Waals surface area contributed by atoms with E-state index >= 15 is 0 Å². The van der Waals surface area contributed by atoms with Gasteiger partial charge in [-0.25, -0.2) is 4.98 Å². The molecule has 0 radical (unpaired) electrons.